The van der Waals surface area contributed by atoms with Gasteiger partial charge in [-0.15, -0.1) is 0 Å². The van der Waals surface area contributed by atoms with Gasteiger partial charge in [-0.1, -0.05) is 0 Å². The second-order valence-corrected chi connectivity index (χ2v) is 2.67. The number of rotatable bonds is 2. The van der Waals surface area contributed by atoms with Crippen molar-refractivity contribution in [3.05, 3.63) is 29.8 Å². The summed E-state index contributed by atoms with van der Waals surface area (Å²) in [5, 5.41) is 0. The van der Waals surface area contributed by atoms with Crippen LogP contribution in [-0.2, 0) is 0 Å². The smallest absolute Gasteiger partial charge is 0.256 e. The van der Waals surface area contributed by atoms with Crippen molar-refractivity contribution in [3.8, 4) is 0 Å². The molecule has 0 atom stereocenters. The molecule has 4 heteroatoms. The van der Waals surface area contributed by atoms with Crippen LogP contribution in [0, 0.1) is 5.82 Å². The molecule has 0 aromatic carbocycles. The van der Waals surface area contributed by atoms with Crippen molar-refractivity contribution in [2.24, 2.45) is 0 Å². The molecule has 0 aliphatic rings. The van der Waals surface area contributed by atoms with E-state index in [2.05, 4.69) is 4.98 Å². The van der Waals surface area contributed by atoms with Gasteiger partial charge in [0.15, 0.2) is 5.82 Å². The van der Waals surface area contributed by atoms with E-state index in [0.717, 1.165) is 6.20 Å². The highest BCUT2D eigenvalue weighted by molar-refractivity contribution is 5.94. The molecule has 13 heavy (non-hydrogen) atoms. The maximum absolute atomic E-state index is 13.0. The highest BCUT2D eigenvalue weighted by Gasteiger charge is 2.13. The Balaban J connectivity index is 2.95. The van der Waals surface area contributed by atoms with Crippen LogP contribution in [0.5, 0.6) is 0 Å². The standard InChI is InChI=1S/C9H11FN2O/c1-3-12(2)9(13)7-4-5-11-6-8(7)10/h4-6H,3H2,1-2H3. The van der Waals surface area contributed by atoms with Crippen LogP contribution in [0.3, 0.4) is 0 Å². The molecule has 0 unspecified atom stereocenters. The van der Waals surface area contributed by atoms with Gasteiger partial charge in [-0.25, -0.2) is 4.39 Å². The quantitative estimate of drug-likeness (QED) is 0.691. The lowest BCUT2D eigenvalue weighted by Gasteiger charge is -2.14. The van der Waals surface area contributed by atoms with Gasteiger partial charge in [0.1, 0.15) is 0 Å². The molecule has 1 aromatic rings. The van der Waals surface area contributed by atoms with Crippen LogP contribution in [0.1, 0.15) is 17.3 Å². The fourth-order valence-electron chi connectivity index (χ4n) is 0.898. The van der Waals surface area contributed by atoms with Gasteiger partial charge in [0, 0.05) is 19.8 Å². The fraction of sp³-hybridized carbons (Fsp3) is 0.333. The molecule has 1 rings (SSSR count). The number of carbonyl (C=O) groups is 1. The van der Waals surface area contributed by atoms with Crippen LogP contribution in [-0.4, -0.2) is 29.4 Å². The predicted octanol–water partition coefficient (Wildman–Crippen LogP) is 1.31. The average molecular weight is 182 g/mol. The largest absolute Gasteiger partial charge is 0.342 e. The zero-order valence-electron chi connectivity index (χ0n) is 7.62. The molecule has 0 saturated carbocycles. The Morgan fingerprint density at radius 1 is 1.69 bits per heavy atom. The van der Waals surface area contributed by atoms with Crippen molar-refractivity contribution in [3.63, 3.8) is 0 Å². The summed E-state index contributed by atoms with van der Waals surface area (Å²) in [6.45, 7) is 2.39. The number of halogens is 1. The first-order chi connectivity index (χ1) is 6.16. The molecule has 0 bridgehead atoms. The lowest BCUT2D eigenvalue weighted by Crippen LogP contribution is -2.27. The van der Waals surface area contributed by atoms with E-state index in [1.807, 2.05) is 6.92 Å². The van der Waals surface area contributed by atoms with Gasteiger partial charge in [-0.2, -0.15) is 0 Å². The third kappa shape index (κ3) is 2.02. The monoisotopic (exact) mass is 182 g/mol. The molecule has 0 N–H and O–H groups in total. The number of hydrogen-bond acceptors (Lipinski definition) is 2. The fourth-order valence-corrected chi connectivity index (χ4v) is 0.898. The zero-order chi connectivity index (χ0) is 9.84. The minimum Gasteiger partial charge on any atom is -0.342 e. The lowest BCUT2D eigenvalue weighted by molar-refractivity contribution is 0.0797. The molecule has 0 fully saturated rings. The number of pyridine rings is 1. The maximum Gasteiger partial charge on any atom is 0.256 e. The lowest BCUT2D eigenvalue weighted by atomic mass is 10.2. The number of carbonyl (C=O) groups excluding carboxylic acids is 1. The third-order valence-electron chi connectivity index (χ3n) is 1.82. The topological polar surface area (TPSA) is 33.2 Å². The summed E-state index contributed by atoms with van der Waals surface area (Å²) in [5.41, 5.74) is 0.0688. The van der Waals surface area contributed by atoms with E-state index in [-0.39, 0.29) is 11.5 Å². The molecule has 0 spiro atoms. The molecule has 3 nitrogen and oxygen atoms in total. The van der Waals surface area contributed by atoms with Gasteiger partial charge in [-0.3, -0.25) is 9.78 Å². The number of nitrogens with zero attached hydrogens (tertiary/aromatic N) is 2. The molecular weight excluding hydrogens is 171 g/mol. The van der Waals surface area contributed by atoms with E-state index in [0.29, 0.717) is 6.54 Å². The van der Waals surface area contributed by atoms with Crippen LogP contribution in [0.25, 0.3) is 0 Å². The summed E-state index contributed by atoms with van der Waals surface area (Å²) in [7, 11) is 1.63. The van der Waals surface area contributed by atoms with Gasteiger partial charge in [-0.05, 0) is 13.0 Å². The van der Waals surface area contributed by atoms with Crippen molar-refractivity contribution in [2.45, 2.75) is 6.92 Å². The van der Waals surface area contributed by atoms with Gasteiger partial charge in [0.25, 0.3) is 5.91 Å². The first kappa shape index (κ1) is 9.64. The molecule has 1 heterocycles. The first-order valence-electron chi connectivity index (χ1n) is 4.01. The summed E-state index contributed by atoms with van der Waals surface area (Å²) >= 11 is 0. The Hall–Kier alpha value is -1.45. The summed E-state index contributed by atoms with van der Waals surface area (Å²) in [4.78, 5) is 16.5. The molecule has 0 aliphatic heterocycles. The van der Waals surface area contributed by atoms with E-state index in [1.165, 1.54) is 17.2 Å². The minimum absolute atomic E-state index is 0.0688. The van der Waals surface area contributed by atoms with Crippen molar-refractivity contribution < 1.29 is 9.18 Å². The second kappa shape index (κ2) is 3.98. The van der Waals surface area contributed by atoms with E-state index in [9.17, 15) is 9.18 Å². The molecule has 0 radical (unpaired) electrons. The Kier molecular flexibility index (Phi) is 2.95. The maximum atomic E-state index is 13.0. The van der Waals surface area contributed by atoms with Gasteiger partial charge in [0.05, 0.1) is 11.8 Å². The Bertz CT molecular complexity index is 314. The van der Waals surface area contributed by atoms with E-state index in [4.69, 9.17) is 0 Å². The van der Waals surface area contributed by atoms with Gasteiger partial charge < -0.3 is 4.90 Å². The van der Waals surface area contributed by atoms with E-state index in [1.54, 1.807) is 7.05 Å². The van der Waals surface area contributed by atoms with Crippen LogP contribution in [0.2, 0.25) is 0 Å². The minimum atomic E-state index is -0.576. The highest BCUT2D eigenvalue weighted by atomic mass is 19.1. The molecule has 0 aliphatic carbocycles. The molecule has 1 amide bonds. The van der Waals surface area contributed by atoms with Crippen molar-refractivity contribution in [2.75, 3.05) is 13.6 Å². The van der Waals surface area contributed by atoms with E-state index >= 15 is 0 Å². The predicted molar refractivity (Wildman–Crippen MR) is 46.8 cm³/mol. The first-order valence-corrected chi connectivity index (χ1v) is 4.01. The summed E-state index contributed by atoms with van der Waals surface area (Å²) in [5.74, 6) is -0.893. The van der Waals surface area contributed by atoms with Crippen molar-refractivity contribution >= 4 is 5.91 Å². The molecule has 70 valence electrons. The number of amides is 1. The Labute approximate surface area is 76.2 Å². The summed E-state index contributed by atoms with van der Waals surface area (Å²) < 4.78 is 13.0. The Morgan fingerprint density at radius 3 is 2.92 bits per heavy atom. The van der Waals surface area contributed by atoms with Crippen LogP contribution in [0.15, 0.2) is 18.5 Å². The van der Waals surface area contributed by atoms with E-state index < -0.39 is 5.82 Å². The van der Waals surface area contributed by atoms with Gasteiger partial charge in [0.2, 0.25) is 0 Å². The number of hydrogen-bond donors (Lipinski definition) is 0. The van der Waals surface area contributed by atoms with Crippen molar-refractivity contribution in [1.29, 1.82) is 0 Å². The normalized spacial score (nSPS) is 9.77. The second-order valence-electron chi connectivity index (χ2n) is 2.67. The van der Waals surface area contributed by atoms with Gasteiger partial charge >= 0.3 is 0 Å². The number of aromatic nitrogens is 1. The zero-order valence-corrected chi connectivity index (χ0v) is 7.62. The highest BCUT2D eigenvalue weighted by Crippen LogP contribution is 2.06. The SMILES string of the molecule is CCN(C)C(=O)c1ccncc1F. The van der Waals surface area contributed by atoms with Crippen LogP contribution >= 0.6 is 0 Å². The Morgan fingerprint density at radius 2 is 2.38 bits per heavy atom. The van der Waals surface area contributed by atoms with Crippen LogP contribution < -0.4 is 0 Å². The molecule has 1 aromatic heterocycles. The summed E-state index contributed by atoms with van der Waals surface area (Å²) in [6.07, 6.45) is 2.44. The third-order valence-corrected chi connectivity index (χ3v) is 1.82. The summed E-state index contributed by atoms with van der Waals surface area (Å²) in [6, 6.07) is 1.38. The van der Waals surface area contributed by atoms with Crippen molar-refractivity contribution in [1.82, 2.24) is 9.88 Å². The average Bonchev–Trinajstić information content (AvgIpc) is 2.16. The van der Waals surface area contributed by atoms with Crippen LogP contribution in [0.4, 0.5) is 4.39 Å². The molecular formula is C9H11FN2O. The molecule has 0 saturated heterocycles.